The number of carbonyl (C=O) groups is 2. The molecule has 0 atom stereocenters. The molecule has 2 rings (SSSR count). The minimum absolute atomic E-state index is 0.0292. The summed E-state index contributed by atoms with van der Waals surface area (Å²) >= 11 is 1.54. The van der Waals surface area contributed by atoms with Gasteiger partial charge in [-0.05, 0) is 38.0 Å². The van der Waals surface area contributed by atoms with Gasteiger partial charge in [0.1, 0.15) is 6.54 Å². The van der Waals surface area contributed by atoms with Crippen LogP contribution in [0.5, 0.6) is 0 Å². The normalized spacial score (nSPS) is 10.8. The van der Waals surface area contributed by atoms with E-state index < -0.39 is 0 Å². The number of nitrogens with zero attached hydrogens (tertiary/aromatic N) is 2. The molecule has 5 nitrogen and oxygen atoms in total. The highest BCUT2D eigenvalue weighted by Gasteiger charge is 2.15. The lowest BCUT2D eigenvalue weighted by atomic mass is 10.2. The monoisotopic (exact) mass is 357 g/mol. The van der Waals surface area contributed by atoms with Crippen molar-refractivity contribution < 1.29 is 9.59 Å². The third kappa shape index (κ3) is 5.83. The minimum atomic E-state index is -0.200. The Bertz CT molecular complexity index is 768. The average Bonchev–Trinajstić information content (AvgIpc) is 3.00. The first-order valence-corrected chi connectivity index (χ1v) is 9.12. The largest absolute Gasteiger partial charge is 0.330 e. The number of amides is 2. The molecule has 0 spiro atoms. The molecular weight excluding hydrogens is 334 g/mol. The molecule has 0 saturated heterocycles. The third-order valence-corrected chi connectivity index (χ3v) is 4.38. The lowest BCUT2D eigenvalue weighted by molar-refractivity contribution is -0.130. The van der Waals surface area contributed by atoms with Crippen LogP contribution in [0.25, 0.3) is 6.08 Å². The molecule has 2 amide bonds. The summed E-state index contributed by atoms with van der Waals surface area (Å²) in [6.45, 7) is 6.39. The van der Waals surface area contributed by atoms with Crippen molar-refractivity contribution in [3.05, 3.63) is 52.0 Å². The van der Waals surface area contributed by atoms with Gasteiger partial charge in [-0.15, -0.1) is 11.3 Å². The zero-order valence-electron chi connectivity index (χ0n) is 14.8. The summed E-state index contributed by atoms with van der Waals surface area (Å²) in [6, 6.07) is 7.58. The first kappa shape index (κ1) is 18.9. The van der Waals surface area contributed by atoms with Crippen LogP contribution in [0.2, 0.25) is 0 Å². The SMILES string of the molecule is CCCN(CC(=O)Nc1ccccc1C)C(=O)/C=C/c1csc(C)n1. The van der Waals surface area contributed by atoms with Crippen LogP contribution < -0.4 is 5.32 Å². The number of nitrogens with one attached hydrogen (secondary N) is 1. The Morgan fingerprint density at radius 1 is 1.28 bits per heavy atom. The molecule has 1 aromatic carbocycles. The van der Waals surface area contributed by atoms with Gasteiger partial charge in [0.25, 0.3) is 0 Å². The van der Waals surface area contributed by atoms with Crippen molar-refractivity contribution in [3.63, 3.8) is 0 Å². The summed E-state index contributed by atoms with van der Waals surface area (Å²) < 4.78 is 0. The topological polar surface area (TPSA) is 62.3 Å². The van der Waals surface area contributed by atoms with E-state index in [9.17, 15) is 9.59 Å². The molecule has 132 valence electrons. The standard InChI is InChI=1S/C19H23N3O2S/c1-4-11-22(19(24)10-9-16-13-25-15(3)20-16)12-18(23)21-17-8-6-5-7-14(17)2/h5-10,13H,4,11-12H2,1-3H3,(H,21,23)/b10-9+. The fraction of sp³-hybridized carbons (Fsp3) is 0.316. The van der Waals surface area contributed by atoms with Gasteiger partial charge in [0.15, 0.2) is 0 Å². The first-order valence-electron chi connectivity index (χ1n) is 8.24. The molecule has 0 bridgehead atoms. The van der Waals surface area contributed by atoms with Crippen LogP contribution in [0, 0.1) is 13.8 Å². The van der Waals surface area contributed by atoms with Gasteiger partial charge < -0.3 is 10.2 Å². The Kier molecular flexibility index (Phi) is 6.89. The summed E-state index contributed by atoms with van der Waals surface area (Å²) in [5.74, 6) is -0.388. The number of aromatic nitrogens is 1. The van der Waals surface area contributed by atoms with Crippen molar-refractivity contribution in [2.75, 3.05) is 18.4 Å². The second-order valence-corrected chi connectivity index (χ2v) is 6.81. The Morgan fingerprint density at radius 3 is 2.68 bits per heavy atom. The van der Waals surface area contributed by atoms with Crippen molar-refractivity contribution in [2.24, 2.45) is 0 Å². The number of carbonyl (C=O) groups excluding carboxylic acids is 2. The Hall–Kier alpha value is -2.47. The molecule has 0 aliphatic rings. The van der Waals surface area contributed by atoms with Gasteiger partial charge in [-0.1, -0.05) is 25.1 Å². The second-order valence-electron chi connectivity index (χ2n) is 5.75. The molecule has 0 unspecified atom stereocenters. The van der Waals surface area contributed by atoms with Gasteiger partial charge in [0.05, 0.1) is 10.7 Å². The molecule has 25 heavy (non-hydrogen) atoms. The van der Waals surface area contributed by atoms with Gasteiger partial charge in [0, 0.05) is 23.7 Å². The lowest BCUT2D eigenvalue weighted by Gasteiger charge is -2.20. The maximum Gasteiger partial charge on any atom is 0.247 e. The van der Waals surface area contributed by atoms with E-state index >= 15 is 0 Å². The van der Waals surface area contributed by atoms with E-state index in [1.54, 1.807) is 11.0 Å². The number of thiazole rings is 1. The Labute approximate surface area is 152 Å². The molecular formula is C19H23N3O2S. The fourth-order valence-corrected chi connectivity index (χ4v) is 2.91. The van der Waals surface area contributed by atoms with Crippen molar-refractivity contribution in [1.29, 1.82) is 0 Å². The van der Waals surface area contributed by atoms with E-state index in [4.69, 9.17) is 0 Å². The molecule has 6 heteroatoms. The molecule has 0 saturated carbocycles. The summed E-state index contributed by atoms with van der Waals surface area (Å²) in [5, 5.41) is 5.71. The second kappa shape index (κ2) is 9.13. The Balaban J connectivity index is 1.99. The quantitative estimate of drug-likeness (QED) is 0.770. The van der Waals surface area contributed by atoms with E-state index in [0.29, 0.717) is 6.54 Å². The Morgan fingerprint density at radius 2 is 2.04 bits per heavy atom. The van der Waals surface area contributed by atoms with Crippen LogP contribution in [0.1, 0.15) is 29.6 Å². The number of rotatable bonds is 7. The van der Waals surface area contributed by atoms with Crippen LogP contribution in [-0.4, -0.2) is 34.8 Å². The van der Waals surface area contributed by atoms with Crippen LogP contribution in [-0.2, 0) is 9.59 Å². The van der Waals surface area contributed by atoms with Gasteiger partial charge in [-0.2, -0.15) is 0 Å². The number of para-hydroxylation sites is 1. The highest BCUT2D eigenvalue weighted by molar-refractivity contribution is 7.09. The smallest absolute Gasteiger partial charge is 0.247 e. The molecule has 2 aromatic rings. The van der Waals surface area contributed by atoms with Crippen molar-refractivity contribution in [3.8, 4) is 0 Å². The molecule has 0 aliphatic heterocycles. The maximum atomic E-state index is 12.4. The molecule has 0 fully saturated rings. The number of benzene rings is 1. The maximum absolute atomic E-state index is 12.4. The summed E-state index contributed by atoms with van der Waals surface area (Å²) in [7, 11) is 0. The van der Waals surface area contributed by atoms with Crippen LogP contribution in [0.4, 0.5) is 5.69 Å². The number of hydrogen-bond donors (Lipinski definition) is 1. The van der Waals surface area contributed by atoms with Gasteiger partial charge in [-0.3, -0.25) is 9.59 Å². The minimum Gasteiger partial charge on any atom is -0.330 e. The van der Waals surface area contributed by atoms with Crippen molar-refractivity contribution in [1.82, 2.24) is 9.88 Å². The van der Waals surface area contributed by atoms with Crippen LogP contribution in [0.15, 0.2) is 35.7 Å². The molecule has 1 N–H and O–H groups in total. The zero-order valence-corrected chi connectivity index (χ0v) is 15.6. The van der Waals surface area contributed by atoms with Crippen molar-refractivity contribution >= 4 is 34.9 Å². The summed E-state index contributed by atoms with van der Waals surface area (Å²) in [4.78, 5) is 30.5. The highest BCUT2D eigenvalue weighted by atomic mass is 32.1. The third-order valence-electron chi connectivity index (χ3n) is 3.59. The number of hydrogen-bond acceptors (Lipinski definition) is 4. The highest BCUT2D eigenvalue weighted by Crippen LogP contribution is 2.13. The first-order chi connectivity index (χ1) is 12.0. The van der Waals surface area contributed by atoms with E-state index in [-0.39, 0.29) is 18.4 Å². The lowest BCUT2D eigenvalue weighted by Crippen LogP contribution is -2.37. The van der Waals surface area contributed by atoms with Crippen molar-refractivity contribution in [2.45, 2.75) is 27.2 Å². The predicted octanol–water partition coefficient (Wildman–Crippen LogP) is 3.65. The number of aryl methyl sites for hydroxylation is 2. The van der Waals surface area contributed by atoms with E-state index in [1.165, 1.54) is 17.4 Å². The predicted molar refractivity (Wildman–Crippen MR) is 103 cm³/mol. The molecule has 0 aliphatic carbocycles. The molecule has 0 radical (unpaired) electrons. The molecule has 1 heterocycles. The van der Waals surface area contributed by atoms with E-state index in [1.807, 2.05) is 50.4 Å². The van der Waals surface area contributed by atoms with Gasteiger partial charge >= 0.3 is 0 Å². The average molecular weight is 357 g/mol. The number of anilines is 1. The summed E-state index contributed by atoms with van der Waals surface area (Å²) in [6.07, 6.45) is 3.95. The fourth-order valence-electron chi connectivity index (χ4n) is 2.33. The van der Waals surface area contributed by atoms with Gasteiger partial charge in [0.2, 0.25) is 11.8 Å². The van der Waals surface area contributed by atoms with E-state index in [0.717, 1.165) is 28.4 Å². The van der Waals surface area contributed by atoms with Crippen LogP contribution in [0.3, 0.4) is 0 Å². The van der Waals surface area contributed by atoms with Crippen LogP contribution >= 0.6 is 11.3 Å². The summed E-state index contributed by atoms with van der Waals surface area (Å²) in [5.41, 5.74) is 2.52. The van der Waals surface area contributed by atoms with Gasteiger partial charge in [-0.25, -0.2) is 4.98 Å². The molecule has 1 aromatic heterocycles. The zero-order chi connectivity index (χ0) is 18.2. The van der Waals surface area contributed by atoms with E-state index in [2.05, 4.69) is 10.3 Å².